The molecule has 3 aliphatic rings. The Hall–Kier alpha value is -2.70. The summed E-state index contributed by atoms with van der Waals surface area (Å²) in [6.07, 6.45) is 3.42. The van der Waals surface area contributed by atoms with E-state index in [1.54, 1.807) is 28.8 Å². The van der Waals surface area contributed by atoms with Crippen LogP contribution in [0, 0.1) is 0 Å². The highest BCUT2D eigenvalue weighted by Crippen LogP contribution is 2.45. The van der Waals surface area contributed by atoms with Crippen molar-refractivity contribution in [3.63, 3.8) is 0 Å². The minimum atomic E-state index is -0.0928. The first kappa shape index (κ1) is 18.3. The monoisotopic (exact) mass is 423 g/mol. The van der Waals surface area contributed by atoms with Gasteiger partial charge < -0.3 is 14.5 Å². The van der Waals surface area contributed by atoms with Gasteiger partial charge in [0, 0.05) is 28.6 Å². The molecular weight excluding hydrogens is 406 g/mol. The largest absolute Gasteiger partial charge is 0.489 e. The second-order valence-corrected chi connectivity index (χ2v) is 8.09. The van der Waals surface area contributed by atoms with Crippen LogP contribution >= 0.6 is 23.4 Å². The summed E-state index contributed by atoms with van der Waals surface area (Å²) in [7, 11) is 0. The molecule has 5 rings (SSSR count). The number of carbonyl (C=O) groups is 1. The maximum Gasteiger partial charge on any atom is 0.251 e. The van der Waals surface area contributed by atoms with E-state index >= 15 is 0 Å². The van der Waals surface area contributed by atoms with Gasteiger partial charge in [-0.2, -0.15) is 0 Å². The van der Waals surface area contributed by atoms with E-state index in [0.717, 1.165) is 35.1 Å². The van der Waals surface area contributed by atoms with E-state index < -0.39 is 0 Å². The minimum absolute atomic E-state index is 0.0928. The number of amidine groups is 1. The number of aliphatic imine (C=N–C) groups is 1. The van der Waals surface area contributed by atoms with Crippen LogP contribution in [0.2, 0.25) is 5.02 Å². The third-order valence-corrected chi connectivity index (χ3v) is 6.13. The first-order valence-corrected chi connectivity index (χ1v) is 10.7. The van der Waals surface area contributed by atoms with Gasteiger partial charge in [0.05, 0.1) is 24.5 Å². The summed E-state index contributed by atoms with van der Waals surface area (Å²) in [4.78, 5) is 21.4. The van der Waals surface area contributed by atoms with Gasteiger partial charge in [-0.25, -0.2) is 0 Å². The number of anilines is 1. The molecule has 0 bridgehead atoms. The average molecular weight is 424 g/mol. The van der Waals surface area contributed by atoms with Gasteiger partial charge >= 0.3 is 0 Å². The molecule has 0 saturated heterocycles. The Bertz CT molecular complexity index is 1070. The van der Waals surface area contributed by atoms with Gasteiger partial charge in [0.25, 0.3) is 5.91 Å². The molecule has 2 aromatic carbocycles. The lowest BCUT2D eigenvalue weighted by atomic mass is 10.1. The summed E-state index contributed by atoms with van der Waals surface area (Å²) in [5.74, 6) is 0.604. The molecule has 29 heavy (non-hydrogen) atoms. The van der Waals surface area contributed by atoms with Crippen LogP contribution in [0.25, 0.3) is 11.8 Å². The van der Waals surface area contributed by atoms with E-state index in [-0.39, 0.29) is 5.91 Å². The number of nitrogens with zero attached hydrogens (tertiary/aromatic N) is 3. The van der Waals surface area contributed by atoms with E-state index in [2.05, 4.69) is 15.3 Å². The predicted octanol–water partition coefficient (Wildman–Crippen LogP) is 4.50. The highest BCUT2D eigenvalue weighted by atomic mass is 35.5. The van der Waals surface area contributed by atoms with Crippen molar-refractivity contribution < 1.29 is 9.53 Å². The van der Waals surface area contributed by atoms with Crippen molar-refractivity contribution in [1.29, 1.82) is 0 Å². The molecule has 0 fully saturated rings. The second-order valence-electron chi connectivity index (χ2n) is 6.82. The molecular formula is C22H18ClN3O2S. The molecule has 5 nitrogen and oxygen atoms in total. The quantitative estimate of drug-likeness (QED) is 0.682. The molecule has 0 aliphatic carbocycles. The zero-order valence-electron chi connectivity index (χ0n) is 15.5. The fourth-order valence-electron chi connectivity index (χ4n) is 3.66. The van der Waals surface area contributed by atoms with E-state index in [0.29, 0.717) is 29.6 Å². The number of thioether (sulfide) groups is 1. The van der Waals surface area contributed by atoms with Gasteiger partial charge in [-0.05, 0) is 23.8 Å². The number of hydrogen-bond donors (Lipinski definition) is 0. The summed E-state index contributed by atoms with van der Waals surface area (Å²) < 4.78 is 6.02. The number of benzene rings is 2. The maximum atomic E-state index is 13.0. The lowest BCUT2D eigenvalue weighted by molar-refractivity contribution is -0.114. The number of carbonyl (C=O) groups excluding carboxylic acids is 1. The number of halogens is 1. The van der Waals surface area contributed by atoms with Crippen molar-refractivity contribution in [3.8, 4) is 5.75 Å². The van der Waals surface area contributed by atoms with Crippen LogP contribution in [-0.4, -0.2) is 42.2 Å². The highest BCUT2D eigenvalue weighted by molar-refractivity contribution is 8.16. The number of ether oxygens (including phenoxy) is 1. The molecule has 146 valence electrons. The van der Waals surface area contributed by atoms with Crippen LogP contribution in [0.5, 0.6) is 5.75 Å². The van der Waals surface area contributed by atoms with Crippen LogP contribution in [0.3, 0.4) is 0 Å². The van der Waals surface area contributed by atoms with Gasteiger partial charge in [0.15, 0.2) is 10.9 Å². The highest BCUT2D eigenvalue weighted by Gasteiger charge is 2.32. The summed E-state index contributed by atoms with van der Waals surface area (Å²) in [5.41, 5.74) is 3.61. The smallest absolute Gasteiger partial charge is 0.251 e. The molecule has 0 radical (unpaired) electrons. The van der Waals surface area contributed by atoms with Crippen molar-refractivity contribution in [1.82, 2.24) is 4.90 Å². The lowest BCUT2D eigenvalue weighted by Crippen LogP contribution is -2.37. The Kier molecular flexibility index (Phi) is 4.81. The number of hydrogen-bond acceptors (Lipinski definition) is 5. The van der Waals surface area contributed by atoms with Crippen molar-refractivity contribution in [2.75, 3.05) is 31.1 Å². The Labute approximate surface area is 178 Å². The molecule has 0 atom stereocenters. The normalized spacial score (nSPS) is 17.7. The molecule has 7 heteroatoms. The van der Waals surface area contributed by atoms with Crippen molar-refractivity contribution in [2.24, 2.45) is 4.99 Å². The van der Waals surface area contributed by atoms with E-state index in [1.807, 2.05) is 42.5 Å². The fraction of sp³-hybridized carbons (Fsp3) is 0.182. The third-order valence-electron chi connectivity index (χ3n) is 5.01. The van der Waals surface area contributed by atoms with E-state index in [1.165, 1.54) is 0 Å². The Morgan fingerprint density at radius 2 is 2.07 bits per heavy atom. The number of fused-ring (bicyclic) bond motifs is 2. The predicted molar refractivity (Wildman–Crippen MR) is 119 cm³/mol. The van der Waals surface area contributed by atoms with Crippen molar-refractivity contribution >= 4 is 51.9 Å². The zero-order chi connectivity index (χ0) is 19.8. The van der Waals surface area contributed by atoms with Crippen LogP contribution < -0.4 is 9.64 Å². The Balaban J connectivity index is 1.49. The third kappa shape index (κ3) is 3.43. The molecule has 3 heterocycles. The average Bonchev–Trinajstić information content (AvgIpc) is 3.36. The first-order chi connectivity index (χ1) is 14.2. The molecule has 0 N–H and O–H groups in total. The van der Waals surface area contributed by atoms with Crippen LogP contribution in [-0.2, 0) is 4.79 Å². The summed E-state index contributed by atoms with van der Waals surface area (Å²) in [6.45, 7) is 2.55. The maximum absolute atomic E-state index is 13.0. The Morgan fingerprint density at radius 1 is 1.21 bits per heavy atom. The fourth-order valence-corrected chi connectivity index (χ4v) is 4.83. The van der Waals surface area contributed by atoms with Crippen LogP contribution in [0.1, 0.15) is 11.1 Å². The molecule has 0 saturated carbocycles. The minimum Gasteiger partial charge on any atom is -0.489 e. The van der Waals surface area contributed by atoms with Gasteiger partial charge in [-0.3, -0.25) is 9.79 Å². The molecule has 0 spiro atoms. The topological polar surface area (TPSA) is 45.1 Å². The molecule has 1 amide bonds. The van der Waals surface area contributed by atoms with Gasteiger partial charge in [-0.1, -0.05) is 53.7 Å². The van der Waals surface area contributed by atoms with Gasteiger partial charge in [-0.15, -0.1) is 0 Å². The summed E-state index contributed by atoms with van der Waals surface area (Å²) in [5, 5.41) is 3.65. The summed E-state index contributed by atoms with van der Waals surface area (Å²) >= 11 is 8.06. The SMILES string of the molecule is O=C(C=Cc1ccccc1)N1CCOc2c(C3=CSC4=NCCN34)cc(Cl)cc21. The second kappa shape index (κ2) is 7.61. The number of amides is 1. The van der Waals surface area contributed by atoms with Crippen molar-refractivity contribution in [3.05, 3.63) is 70.1 Å². The standard InChI is InChI=1S/C22H18ClN3O2S/c23-16-12-17(19-14-29-22-24-8-9-26(19)22)21-18(13-16)25(10-11-28-21)20(27)7-6-15-4-2-1-3-5-15/h1-7,12-14H,8-11H2. The van der Waals surface area contributed by atoms with E-state index in [9.17, 15) is 4.79 Å². The Morgan fingerprint density at radius 3 is 2.93 bits per heavy atom. The van der Waals surface area contributed by atoms with Gasteiger partial charge in [0.1, 0.15) is 6.61 Å². The van der Waals surface area contributed by atoms with Crippen LogP contribution in [0.15, 0.2) is 58.9 Å². The number of rotatable bonds is 3. The molecule has 0 unspecified atom stereocenters. The summed E-state index contributed by atoms with van der Waals surface area (Å²) in [6, 6.07) is 13.5. The van der Waals surface area contributed by atoms with Crippen LogP contribution in [0.4, 0.5) is 5.69 Å². The zero-order valence-corrected chi connectivity index (χ0v) is 17.1. The first-order valence-electron chi connectivity index (χ1n) is 9.41. The molecule has 3 aliphatic heterocycles. The molecule has 2 aromatic rings. The lowest BCUT2D eigenvalue weighted by Gasteiger charge is -2.31. The van der Waals surface area contributed by atoms with Crippen molar-refractivity contribution in [2.45, 2.75) is 0 Å². The van der Waals surface area contributed by atoms with Gasteiger partial charge in [0.2, 0.25) is 0 Å². The molecule has 0 aromatic heterocycles. The van der Waals surface area contributed by atoms with E-state index in [4.69, 9.17) is 16.3 Å².